The Labute approximate surface area is 172 Å². The van der Waals surface area contributed by atoms with E-state index in [-0.39, 0.29) is 11.8 Å². The maximum Gasteiger partial charge on any atom is 0.261 e. The maximum atomic E-state index is 12.0. The molecule has 5 nitrogen and oxygen atoms in total. The molecular formula is C16H13Cl2N3O2S3. The predicted molar refractivity (Wildman–Crippen MR) is 110 cm³/mol. The Morgan fingerprint density at radius 1 is 1.23 bits per heavy atom. The fourth-order valence-electron chi connectivity index (χ4n) is 2.10. The molecule has 0 fully saturated rings. The Morgan fingerprint density at radius 2 is 2.08 bits per heavy atom. The van der Waals surface area contributed by atoms with Crippen molar-refractivity contribution < 1.29 is 9.59 Å². The topological polar surface area (TPSA) is 71.1 Å². The van der Waals surface area contributed by atoms with E-state index in [1.165, 1.54) is 34.0 Å². The molecule has 0 spiro atoms. The first-order chi connectivity index (χ1) is 12.5. The van der Waals surface area contributed by atoms with E-state index in [0.717, 1.165) is 5.56 Å². The van der Waals surface area contributed by atoms with Crippen LogP contribution in [0.25, 0.3) is 11.3 Å². The number of carbonyl (C=O) groups is 2. The summed E-state index contributed by atoms with van der Waals surface area (Å²) in [5.74, 6) is -0.262. The van der Waals surface area contributed by atoms with Gasteiger partial charge >= 0.3 is 0 Å². The van der Waals surface area contributed by atoms with Crippen LogP contribution in [0, 0.1) is 0 Å². The first-order valence-corrected chi connectivity index (χ1v) is 10.9. The Balaban J connectivity index is 1.44. The van der Waals surface area contributed by atoms with Gasteiger partial charge in [-0.1, -0.05) is 29.3 Å². The standard InChI is InChI=1S/C16H13Cl2N3O2S3/c17-12-7-9(14(18)26-12)10-8-25-16(20-10)21-13(22)4-1-5-19-15(23)11-3-2-6-24-11/h2-3,6-8H,1,4-5H2,(H,19,23)(H,20,21,22). The highest BCUT2D eigenvalue weighted by Crippen LogP contribution is 2.38. The Bertz CT molecular complexity index is 906. The number of aromatic nitrogens is 1. The molecule has 26 heavy (non-hydrogen) atoms. The lowest BCUT2D eigenvalue weighted by molar-refractivity contribution is -0.116. The van der Waals surface area contributed by atoms with Gasteiger partial charge in [0.25, 0.3) is 5.91 Å². The number of carbonyl (C=O) groups excluding carboxylic acids is 2. The van der Waals surface area contributed by atoms with Crippen molar-refractivity contribution in [2.45, 2.75) is 12.8 Å². The molecule has 0 bridgehead atoms. The van der Waals surface area contributed by atoms with Crippen molar-refractivity contribution in [3.8, 4) is 11.3 Å². The van der Waals surface area contributed by atoms with Gasteiger partial charge in [-0.05, 0) is 23.9 Å². The van der Waals surface area contributed by atoms with E-state index in [0.29, 0.717) is 43.8 Å². The highest BCUT2D eigenvalue weighted by molar-refractivity contribution is 7.20. The Morgan fingerprint density at radius 3 is 2.77 bits per heavy atom. The van der Waals surface area contributed by atoms with Crippen LogP contribution < -0.4 is 10.6 Å². The van der Waals surface area contributed by atoms with Gasteiger partial charge in [0.1, 0.15) is 4.34 Å². The zero-order valence-electron chi connectivity index (χ0n) is 13.3. The minimum Gasteiger partial charge on any atom is -0.351 e. The molecule has 10 heteroatoms. The molecule has 2 amide bonds. The summed E-state index contributed by atoms with van der Waals surface area (Å²) in [5.41, 5.74) is 1.44. The lowest BCUT2D eigenvalue weighted by atomic mass is 10.3. The first kappa shape index (κ1) is 19.3. The second-order valence-electron chi connectivity index (χ2n) is 5.16. The maximum absolute atomic E-state index is 12.0. The molecule has 0 aliphatic heterocycles. The van der Waals surface area contributed by atoms with Gasteiger partial charge in [0, 0.05) is 23.9 Å². The van der Waals surface area contributed by atoms with Crippen molar-refractivity contribution in [2.75, 3.05) is 11.9 Å². The zero-order chi connectivity index (χ0) is 18.5. The second-order valence-corrected chi connectivity index (χ2v) is 9.25. The van der Waals surface area contributed by atoms with Gasteiger partial charge in [-0.15, -0.1) is 34.0 Å². The van der Waals surface area contributed by atoms with Gasteiger partial charge in [0.2, 0.25) is 5.91 Å². The number of thiophene rings is 2. The van der Waals surface area contributed by atoms with Crippen molar-refractivity contribution in [3.05, 3.63) is 42.5 Å². The molecule has 0 aliphatic rings. The van der Waals surface area contributed by atoms with Crippen LogP contribution in [0.2, 0.25) is 8.67 Å². The van der Waals surface area contributed by atoms with Crippen LogP contribution in [-0.4, -0.2) is 23.3 Å². The van der Waals surface area contributed by atoms with Gasteiger partial charge < -0.3 is 10.6 Å². The number of nitrogens with one attached hydrogen (secondary N) is 2. The summed E-state index contributed by atoms with van der Waals surface area (Å²) in [6.07, 6.45) is 0.845. The van der Waals surface area contributed by atoms with E-state index in [4.69, 9.17) is 23.2 Å². The van der Waals surface area contributed by atoms with Crippen LogP contribution >= 0.6 is 57.2 Å². The lowest BCUT2D eigenvalue weighted by Gasteiger charge is -2.04. The third-order valence-electron chi connectivity index (χ3n) is 3.29. The fourth-order valence-corrected chi connectivity index (χ4v) is 4.95. The Hall–Kier alpha value is -1.45. The number of hydrogen-bond donors (Lipinski definition) is 2. The van der Waals surface area contributed by atoms with Crippen molar-refractivity contribution in [1.29, 1.82) is 0 Å². The molecule has 3 rings (SSSR count). The molecule has 0 aromatic carbocycles. The molecule has 0 saturated carbocycles. The number of halogens is 2. The molecule has 3 aromatic rings. The van der Waals surface area contributed by atoms with Crippen LogP contribution in [0.4, 0.5) is 5.13 Å². The van der Waals surface area contributed by atoms with Crippen LogP contribution in [0.15, 0.2) is 29.0 Å². The molecule has 0 unspecified atom stereocenters. The number of nitrogens with zero attached hydrogens (tertiary/aromatic N) is 1. The summed E-state index contributed by atoms with van der Waals surface area (Å²) in [5, 5.41) is 9.73. The quantitative estimate of drug-likeness (QED) is 0.478. The van der Waals surface area contributed by atoms with Gasteiger partial charge in [-0.3, -0.25) is 9.59 Å². The van der Waals surface area contributed by atoms with Crippen LogP contribution in [0.5, 0.6) is 0 Å². The number of rotatable bonds is 7. The van der Waals surface area contributed by atoms with E-state index in [1.54, 1.807) is 12.1 Å². The summed E-state index contributed by atoms with van der Waals surface area (Å²) >= 11 is 16.0. The fraction of sp³-hybridized carbons (Fsp3) is 0.188. The molecule has 136 valence electrons. The minimum absolute atomic E-state index is 0.115. The molecule has 3 aromatic heterocycles. The Kier molecular flexibility index (Phi) is 6.66. The first-order valence-electron chi connectivity index (χ1n) is 7.55. The van der Waals surface area contributed by atoms with E-state index in [2.05, 4.69) is 15.6 Å². The van der Waals surface area contributed by atoms with Crippen LogP contribution in [0.1, 0.15) is 22.5 Å². The number of hydrogen-bond acceptors (Lipinski definition) is 6. The van der Waals surface area contributed by atoms with Crippen LogP contribution in [-0.2, 0) is 4.79 Å². The summed E-state index contributed by atoms with van der Waals surface area (Å²) < 4.78 is 1.16. The molecule has 2 N–H and O–H groups in total. The van der Waals surface area contributed by atoms with Crippen molar-refractivity contribution in [2.24, 2.45) is 0 Å². The molecule has 0 saturated heterocycles. The van der Waals surface area contributed by atoms with Crippen molar-refractivity contribution in [3.63, 3.8) is 0 Å². The van der Waals surface area contributed by atoms with Crippen LogP contribution in [0.3, 0.4) is 0 Å². The monoisotopic (exact) mass is 445 g/mol. The molecule has 0 radical (unpaired) electrons. The summed E-state index contributed by atoms with van der Waals surface area (Å²) in [4.78, 5) is 28.8. The largest absolute Gasteiger partial charge is 0.351 e. The highest BCUT2D eigenvalue weighted by atomic mass is 35.5. The zero-order valence-corrected chi connectivity index (χ0v) is 17.2. The van der Waals surface area contributed by atoms with E-state index < -0.39 is 0 Å². The van der Waals surface area contributed by atoms with Gasteiger partial charge in [-0.25, -0.2) is 4.98 Å². The van der Waals surface area contributed by atoms with Gasteiger partial charge in [0.05, 0.1) is 14.9 Å². The number of thiazole rings is 1. The second kappa shape index (κ2) is 8.96. The van der Waals surface area contributed by atoms with Gasteiger partial charge in [0.15, 0.2) is 5.13 Å². The van der Waals surface area contributed by atoms with E-state index >= 15 is 0 Å². The summed E-state index contributed by atoms with van der Waals surface area (Å²) in [6.45, 7) is 0.441. The molecule has 3 heterocycles. The normalized spacial score (nSPS) is 10.7. The average molecular weight is 446 g/mol. The lowest BCUT2D eigenvalue weighted by Crippen LogP contribution is -2.24. The van der Waals surface area contributed by atoms with E-state index in [1.807, 2.05) is 16.8 Å². The molecular weight excluding hydrogens is 433 g/mol. The third kappa shape index (κ3) is 5.05. The van der Waals surface area contributed by atoms with Crippen molar-refractivity contribution in [1.82, 2.24) is 10.3 Å². The smallest absolute Gasteiger partial charge is 0.261 e. The number of amides is 2. The SMILES string of the molecule is O=C(CCCNC(=O)c1cccs1)Nc1nc(-c2cc(Cl)sc2Cl)cs1. The predicted octanol–water partition coefficient (Wildman–Crippen LogP) is 5.39. The average Bonchev–Trinajstić information content (AvgIpc) is 3.32. The number of anilines is 1. The third-order valence-corrected chi connectivity index (χ3v) is 6.41. The van der Waals surface area contributed by atoms with Crippen molar-refractivity contribution >= 4 is 74.2 Å². The molecule has 0 aliphatic carbocycles. The summed E-state index contributed by atoms with van der Waals surface area (Å²) in [7, 11) is 0. The van der Waals surface area contributed by atoms with E-state index in [9.17, 15) is 9.59 Å². The minimum atomic E-state index is -0.147. The molecule has 0 atom stereocenters. The summed E-state index contributed by atoms with van der Waals surface area (Å²) in [6, 6.07) is 5.34. The van der Waals surface area contributed by atoms with Gasteiger partial charge in [-0.2, -0.15) is 0 Å². The highest BCUT2D eigenvalue weighted by Gasteiger charge is 2.13.